The molecule has 1 aliphatic carbocycles. The van der Waals surface area contributed by atoms with E-state index in [0.29, 0.717) is 0 Å². The van der Waals surface area contributed by atoms with E-state index in [-0.39, 0.29) is 0 Å². The van der Waals surface area contributed by atoms with Gasteiger partial charge in [0.25, 0.3) is 0 Å². The Morgan fingerprint density at radius 2 is 0.773 bits per heavy atom. The zero-order valence-electron chi connectivity index (χ0n) is 14.6. The van der Waals surface area contributed by atoms with Crippen molar-refractivity contribution in [2.24, 2.45) is 5.92 Å². The summed E-state index contributed by atoms with van der Waals surface area (Å²) in [7, 11) is -1.42. The quantitative estimate of drug-likeness (QED) is 0.344. The SMILES string of the molecule is Cl[SiH](Cl)CC1CCCCCCCCCCCCCCCCC1. The molecule has 22 heavy (non-hydrogen) atoms. The van der Waals surface area contributed by atoms with E-state index < -0.39 is 7.42 Å². The molecule has 1 fully saturated rings. The van der Waals surface area contributed by atoms with Crippen LogP contribution in [0.15, 0.2) is 0 Å². The highest BCUT2D eigenvalue weighted by Crippen LogP contribution is 2.26. The second kappa shape index (κ2) is 15.3. The Kier molecular flexibility index (Phi) is 14.5. The molecule has 0 atom stereocenters. The third kappa shape index (κ3) is 13.3. The first-order valence-corrected chi connectivity index (χ1v) is 14.4. The molecule has 1 aliphatic rings. The third-order valence-corrected chi connectivity index (χ3v) is 7.33. The van der Waals surface area contributed by atoms with Crippen molar-refractivity contribution in [3.05, 3.63) is 0 Å². The number of rotatable bonds is 2. The first kappa shape index (κ1) is 20.8. The number of hydrogen-bond donors (Lipinski definition) is 0. The molecule has 3 heteroatoms. The van der Waals surface area contributed by atoms with Gasteiger partial charge >= 0.3 is 0 Å². The van der Waals surface area contributed by atoms with Crippen molar-refractivity contribution >= 4 is 29.6 Å². The van der Waals surface area contributed by atoms with Crippen molar-refractivity contribution in [2.45, 2.75) is 115 Å². The van der Waals surface area contributed by atoms with E-state index in [9.17, 15) is 0 Å². The number of hydrogen-bond acceptors (Lipinski definition) is 0. The van der Waals surface area contributed by atoms with E-state index in [2.05, 4.69) is 0 Å². The fourth-order valence-electron chi connectivity index (χ4n) is 3.80. The topological polar surface area (TPSA) is 0 Å². The average molecular weight is 366 g/mol. The Balaban J connectivity index is 2.23. The Hall–Kier alpha value is 0.797. The van der Waals surface area contributed by atoms with Gasteiger partial charge in [0, 0.05) is 0 Å². The first-order chi connectivity index (χ1) is 10.8. The van der Waals surface area contributed by atoms with E-state index in [1.807, 2.05) is 0 Å². The lowest BCUT2D eigenvalue weighted by Gasteiger charge is -2.17. The van der Waals surface area contributed by atoms with E-state index in [4.69, 9.17) is 22.2 Å². The minimum Gasteiger partial charge on any atom is -0.150 e. The van der Waals surface area contributed by atoms with Crippen LogP contribution in [0.2, 0.25) is 6.04 Å². The summed E-state index contributed by atoms with van der Waals surface area (Å²) in [4.78, 5) is 0. The maximum Gasteiger partial charge on any atom is 0.237 e. The van der Waals surface area contributed by atoms with Gasteiger partial charge in [0.15, 0.2) is 0 Å². The number of halogens is 2. The molecule has 0 aromatic heterocycles. The highest BCUT2D eigenvalue weighted by atomic mass is 35.7. The normalized spacial score (nSPS) is 23.0. The first-order valence-electron chi connectivity index (χ1n) is 10.1. The van der Waals surface area contributed by atoms with Crippen LogP contribution in [0.4, 0.5) is 0 Å². The van der Waals surface area contributed by atoms with Gasteiger partial charge in [0.1, 0.15) is 0 Å². The van der Waals surface area contributed by atoms with Crippen LogP contribution in [0, 0.1) is 5.92 Å². The average Bonchev–Trinajstić information content (AvgIpc) is 2.48. The van der Waals surface area contributed by atoms with E-state index in [1.165, 1.54) is 109 Å². The fourth-order valence-corrected chi connectivity index (χ4v) is 6.28. The predicted octanol–water partition coefficient (Wildman–Crippen LogP) is 7.95. The summed E-state index contributed by atoms with van der Waals surface area (Å²) in [6.45, 7) is 0. The summed E-state index contributed by atoms with van der Waals surface area (Å²) in [6, 6.07) is 1.14. The predicted molar refractivity (Wildman–Crippen MR) is 106 cm³/mol. The van der Waals surface area contributed by atoms with Crippen LogP contribution < -0.4 is 0 Å². The Bertz CT molecular complexity index is 215. The minimum atomic E-state index is -1.42. The molecule has 0 aliphatic heterocycles. The molecule has 0 aromatic rings. The van der Waals surface area contributed by atoms with Crippen LogP contribution in [0.25, 0.3) is 0 Å². The highest BCUT2D eigenvalue weighted by Gasteiger charge is 2.14. The molecule has 0 unspecified atom stereocenters. The second-order valence-electron chi connectivity index (χ2n) is 7.37. The highest BCUT2D eigenvalue weighted by molar-refractivity contribution is 7.33. The van der Waals surface area contributed by atoms with Gasteiger partial charge in [-0.3, -0.25) is 0 Å². The standard InChI is InChI=1S/C19H38Cl2Si/c20-22(21)18-19-16-14-12-10-8-6-4-2-1-3-5-7-9-11-13-15-17-19/h19,22H,1-18H2. The largest absolute Gasteiger partial charge is 0.237 e. The van der Waals surface area contributed by atoms with Gasteiger partial charge in [-0.1, -0.05) is 109 Å². The molecule has 0 aromatic carbocycles. The van der Waals surface area contributed by atoms with Crippen LogP contribution in [-0.4, -0.2) is 7.42 Å². The maximum absolute atomic E-state index is 6.16. The summed E-state index contributed by atoms with van der Waals surface area (Å²) in [5, 5.41) is 0. The van der Waals surface area contributed by atoms with Crippen molar-refractivity contribution in [1.29, 1.82) is 0 Å². The van der Waals surface area contributed by atoms with Gasteiger partial charge < -0.3 is 0 Å². The zero-order chi connectivity index (χ0) is 15.9. The Morgan fingerprint density at radius 3 is 1.05 bits per heavy atom. The molecule has 132 valence electrons. The van der Waals surface area contributed by atoms with Gasteiger partial charge in [-0.15, -0.1) is 0 Å². The van der Waals surface area contributed by atoms with Crippen LogP contribution in [0.5, 0.6) is 0 Å². The molecule has 0 nitrogen and oxygen atoms in total. The summed E-state index contributed by atoms with van der Waals surface area (Å²) < 4.78 is 0. The Labute approximate surface area is 150 Å². The summed E-state index contributed by atoms with van der Waals surface area (Å²) in [5.41, 5.74) is 0. The summed E-state index contributed by atoms with van der Waals surface area (Å²) in [5.74, 6) is 0.825. The van der Waals surface area contributed by atoms with Gasteiger partial charge in [-0.05, 0) is 12.0 Å². The van der Waals surface area contributed by atoms with Gasteiger partial charge in [-0.25, -0.2) is 0 Å². The van der Waals surface area contributed by atoms with E-state index >= 15 is 0 Å². The van der Waals surface area contributed by atoms with Gasteiger partial charge in [-0.2, -0.15) is 22.2 Å². The molecule has 1 rings (SSSR count). The van der Waals surface area contributed by atoms with Crippen molar-refractivity contribution in [3.8, 4) is 0 Å². The summed E-state index contributed by atoms with van der Waals surface area (Å²) >= 11 is 12.3. The van der Waals surface area contributed by atoms with E-state index in [0.717, 1.165) is 12.0 Å². The van der Waals surface area contributed by atoms with Crippen molar-refractivity contribution in [1.82, 2.24) is 0 Å². The van der Waals surface area contributed by atoms with Crippen LogP contribution in [0.3, 0.4) is 0 Å². The second-order valence-corrected chi connectivity index (χ2v) is 12.5. The lowest BCUT2D eigenvalue weighted by molar-refractivity contribution is 0.427. The molecule has 1 saturated carbocycles. The Morgan fingerprint density at radius 1 is 0.500 bits per heavy atom. The van der Waals surface area contributed by atoms with Gasteiger partial charge in [0.2, 0.25) is 7.42 Å². The monoisotopic (exact) mass is 364 g/mol. The zero-order valence-corrected chi connectivity index (χ0v) is 17.3. The van der Waals surface area contributed by atoms with Crippen molar-refractivity contribution in [3.63, 3.8) is 0 Å². The smallest absolute Gasteiger partial charge is 0.150 e. The molecular formula is C19H38Cl2Si. The van der Waals surface area contributed by atoms with Crippen LogP contribution in [-0.2, 0) is 0 Å². The molecule has 0 bridgehead atoms. The summed E-state index contributed by atoms with van der Waals surface area (Å²) in [6.07, 6.45) is 24.5. The third-order valence-electron chi connectivity index (χ3n) is 5.24. The molecule has 0 heterocycles. The van der Waals surface area contributed by atoms with Crippen molar-refractivity contribution in [2.75, 3.05) is 0 Å². The van der Waals surface area contributed by atoms with Crippen LogP contribution >= 0.6 is 22.2 Å². The van der Waals surface area contributed by atoms with Crippen LogP contribution in [0.1, 0.15) is 109 Å². The van der Waals surface area contributed by atoms with Crippen molar-refractivity contribution < 1.29 is 0 Å². The molecule has 0 amide bonds. The fraction of sp³-hybridized carbons (Fsp3) is 1.00. The molecule has 0 spiro atoms. The maximum atomic E-state index is 6.16. The lowest BCUT2D eigenvalue weighted by Crippen LogP contribution is -2.07. The lowest BCUT2D eigenvalue weighted by atomic mass is 9.95. The van der Waals surface area contributed by atoms with Gasteiger partial charge in [0.05, 0.1) is 0 Å². The minimum absolute atomic E-state index is 0.825. The molecule has 0 saturated heterocycles. The molecular weight excluding hydrogens is 327 g/mol. The molecule has 0 N–H and O–H groups in total. The van der Waals surface area contributed by atoms with E-state index in [1.54, 1.807) is 0 Å². The molecule has 0 radical (unpaired) electrons.